The molecular formula is C22H35NO2. The van der Waals surface area contributed by atoms with E-state index in [2.05, 4.69) is 19.1 Å². The Morgan fingerprint density at radius 2 is 1.36 bits per heavy atom. The minimum absolute atomic E-state index is 0.254. The van der Waals surface area contributed by atoms with Gasteiger partial charge >= 0.3 is 5.97 Å². The lowest BCUT2D eigenvalue weighted by atomic mass is 10.1. The molecule has 0 fully saturated rings. The quantitative estimate of drug-likeness (QED) is 0.187. The van der Waals surface area contributed by atoms with Crippen molar-refractivity contribution in [1.82, 2.24) is 0 Å². The molecule has 0 amide bonds. The molecule has 0 aromatic rings. The van der Waals surface area contributed by atoms with Crippen LogP contribution in [0.3, 0.4) is 0 Å². The Hall–Kier alpha value is -1.87. The van der Waals surface area contributed by atoms with Crippen LogP contribution in [0.4, 0.5) is 0 Å². The lowest BCUT2D eigenvalue weighted by Crippen LogP contribution is -2.11. The molecule has 0 saturated heterocycles. The van der Waals surface area contributed by atoms with E-state index in [0.29, 0.717) is 6.54 Å². The molecule has 0 aliphatic rings. The minimum atomic E-state index is -0.370. The van der Waals surface area contributed by atoms with E-state index < -0.39 is 0 Å². The van der Waals surface area contributed by atoms with Crippen LogP contribution < -0.4 is 5.73 Å². The second kappa shape index (κ2) is 20.2. The van der Waals surface area contributed by atoms with Gasteiger partial charge in [0.05, 0.1) is 0 Å². The number of carbonyl (C=O) groups excluding carboxylic acids is 1. The van der Waals surface area contributed by atoms with Gasteiger partial charge in [-0.1, -0.05) is 100 Å². The highest BCUT2D eigenvalue weighted by Gasteiger charge is 1.92. The van der Waals surface area contributed by atoms with Crippen LogP contribution in [0.5, 0.6) is 0 Å². The monoisotopic (exact) mass is 345 g/mol. The van der Waals surface area contributed by atoms with Crippen molar-refractivity contribution in [2.24, 2.45) is 5.73 Å². The molecule has 0 aliphatic heterocycles. The molecule has 3 nitrogen and oxygen atoms in total. The van der Waals surface area contributed by atoms with E-state index in [-0.39, 0.29) is 12.6 Å². The largest absolute Gasteiger partial charge is 0.461 e. The van der Waals surface area contributed by atoms with Crippen LogP contribution in [-0.4, -0.2) is 19.1 Å². The summed E-state index contributed by atoms with van der Waals surface area (Å²) in [6.07, 6.45) is 29.5. The summed E-state index contributed by atoms with van der Waals surface area (Å²) in [5.74, 6) is -0.370. The van der Waals surface area contributed by atoms with Crippen molar-refractivity contribution >= 4 is 5.97 Å². The number of ether oxygens (including phenoxy) is 1. The molecule has 0 bridgehead atoms. The third-order valence-corrected chi connectivity index (χ3v) is 3.48. The molecule has 25 heavy (non-hydrogen) atoms. The van der Waals surface area contributed by atoms with Crippen LogP contribution in [0.15, 0.2) is 60.8 Å². The summed E-state index contributed by atoms with van der Waals surface area (Å²) < 4.78 is 4.80. The van der Waals surface area contributed by atoms with E-state index in [1.165, 1.54) is 51.0 Å². The smallest absolute Gasteiger partial charge is 0.330 e. The molecule has 0 atom stereocenters. The zero-order valence-corrected chi connectivity index (χ0v) is 15.7. The van der Waals surface area contributed by atoms with Crippen molar-refractivity contribution in [3.63, 3.8) is 0 Å². The zero-order valence-electron chi connectivity index (χ0n) is 15.7. The summed E-state index contributed by atoms with van der Waals surface area (Å²) in [5, 5.41) is 0. The van der Waals surface area contributed by atoms with E-state index in [4.69, 9.17) is 10.5 Å². The first-order valence-electron chi connectivity index (χ1n) is 9.51. The number of allylic oxidation sites excluding steroid dienone is 9. The Morgan fingerprint density at radius 3 is 2.00 bits per heavy atom. The van der Waals surface area contributed by atoms with Crippen molar-refractivity contribution in [3.8, 4) is 0 Å². The van der Waals surface area contributed by atoms with Crippen LogP contribution >= 0.6 is 0 Å². The van der Waals surface area contributed by atoms with Crippen LogP contribution in [0.25, 0.3) is 0 Å². The van der Waals surface area contributed by atoms with Crippen molar-refractivity contribution < 1.29 is 9.53 Å². The molecule has 3 heteroatoms. The fourth-order valence-corrected chi connectivity index (χ4v) is 2.12. The zero-order chi connectivity index (χ0) is 18.4. The number of carbonyl (C=O) groups is 1. The highest BCUT2D eigenvalue weighted by atomic mass is 16.5. The molecule has 0 aromatic heterocycles. The molecule has 2 N–H and O–H groups in total. The van der Waals surface area contributed by atoms with Crippen LogP contribution in [0.1, 0.15) is 58.3 Å². The Kier molecular flexibility index (Phi) is 18.7. The Labute approximate surface area is 154 Å². The van der Waals surface area contributed by atoms with Crippen molar-refractivity contribution in [2.75, 3.05) is 13.2 Å². The average Bonchev–Trinajstić information content (AvgIpc) is 2.62. The summed E-state index contributed by atoms with van der Waals surface area (Å²) in [6, 6.07) is 0. The van der Waals surface area contributed by atoms with Gasteiger partial charge in [0.25, 0.3) is 0 Å². The molecule has 140 valence electrons. The highest BCUT2D eigenvalue weighted by molar-refractivity contribution is 5.82. The number of rotatable bonds is 15. The second-order valence-corrected chi connectivity index (χ2v) is 5.81. The molecule has 0 heterocycles. The summed E-state index contributed by atoms with van der Waals surface area (Å²) in [6.45, 7) is 2.85. The van der Waals surface area contributed by atoms with Gasteiger partial charge < -0.3 is 10.5 Å². The fourth-order valence-electron chi connectivity index (χ4n) is 2.12. The van der Waals surface area contributed by atoms with Gasteiger partial charge in [-0.15, -0.1) is 0 Å². The predicted molar refractivity (Wildman–Crippen MR) is 108 cm³/mol. The number of nitrogens with two attached hydrogens (primary N) is 1. The number of esters is 1. The van der Waals surface area contributed by atoms with Gasteiger partial charge in [0.1, 0.15) is 6.61 Å². The van der Waals surface area contributed by atoms with Gasteiger partial charge in [0, 0.05) is 12.6 Å². The SMILES string of the molecule is CCCCCCCCCC=CC=CC=CC=CC=CC(=O)OCCN. The maximum atomic E-state index is 11.1. The van der Waals surface area contributed by atoms with Crippen molar-refractivity contribution in [1.29, 1.82) is 0 Å². The molecular weight excluding hydrogens is 310 g/mol. The standard InChI is InChI=1S/C22H35NO2/c1-2-3-4-5-6-7-8-9-10-11-12-13-14-15-16-17-18-19-22(24)25-21-20-23/h10-19H,2-9,20-21,23H2,1H3. The molecule has 0 spiro atoms. The minimum Gasteiger partial charge on any atom is -0.461 e. The van der Waals surface area contributed by atoms with Crippen molar-refractivity contribution in [2.45, 2.75) is 58.3 Å². The van der Waals surface area contributed by atoms with E-state index in [0.717, 1.165) is 6.42 Å². The first-order chi connectivity index (χ1) is 12.3. The fraction of sp³-hybridized carbons (Fsp3) is 0.500. The Morgan fingerprint density at radius 1 is 0.800 bits per heavy atom. The second-order valence-electron chi connectivity index (χ2n) is 5.81. The van der Waals surface area contributed by atoms with Crippen LogP contribution in [0.2, 0.25) is 0 Å². The van der Waals surface area contributed by atoms with Crippen molar-refractivity contribution in [3.05, 3.63) is 60.8 Å². The van der Waals surface area contributed by atoms with E-state index >= 15 is 0 Å². The van der Waals surface area contributed by atoms with Gasteiger partial charge in [0.2, 0.25) is 0 Å². The molecule has 0 radical (unpaired) electrons. The number of hydrogen-bond donors (Lipinski definition) is 1. The first-order valence-corrected chi connectivity index (χ1v) is 9.51. The summed E-state index contributed by atoms with van der Waals surface area (Å²) >= 11 is 0. The summed E-state index contributed by atoms with van der Waals surface area (Å²) in [4.78, 5) is 11.1. The number of unbranched alkanes of at least 4 members (excludes halogenated alkanes) is 7. The van der Waals surface area contributed by atoms with Crippen LogP contribution in [0, 0.1) is 0 Å². The number of hydrogen-bond acceptors (Lipinski definition) is 3. The lowest BCUT2D eigenvalue weighted by Gasteiger charge is -1.98. The first kappa shape index (κ1) is 23.1. The molecule has 0 unspecified atom stereocenters. The molecule has 0 rings (SSSR count). The maximum absolute atomic E-state index is 11.1. The van der Waals surface area contributed by atoms with E-state index in [1.807, 2.05) is 30.4 Å². The predicted octanol–water partition coefficient (Wildman–Crippen LogP) is 5.41. The normalized spacial score (nSPS) is 12.6. The van der Waals surface area contributed by atoms with Gasteiger partial charge in [-0.25, -0.2) is 4.79 Å². The summed E-state index contributed by atoms with van der Waals surface area (Å²) in [5.41, 5.74) is 5.24. The third kappa shape index (κ3) is 20.1. The van der Waals surface area contributed by atoms with Gasteiger partial charge in [-0.3, -0.25) is 0 Å². The molecule has 0 saturated carbocycles. The molecule has 0 aromatic carbocycles. The molecule has 0 aliphatic carbocycles. The topological polar surface area (TPSA) is 52.3 Å². The van der Waals surface area contributed by atoms with Gasteiger partial charge in [-0.05, 0) is 12.8 Å². The lowest BCUT2D eigenvalue weighted by molar-refractivity contribution is -0.137. The van der Waals surface area contributed by atoms with E-state index in [9.17, 15) is 4.79 Å². The highest BCUT2D eigenvalue weighted by Crippen LogP contribution is 2.08. The maximum Gasteiger partial charge on any atom is 0.330 e. The van der Waals surface area contributed by atoms with Gasteiger partial charge in [-0.2, -0.15) is 0 Å². The third-order valence-electron chi connectivity index (χ3n) is 3.48. The Bertz CT molecular complexity index is 445. The Balaban J connectivity index is 3.59. The van der Waals surface area contributed by atoms with Gasteiger partial charge in [0.15, 0.2) is 0 Å². The van der Waals surface area contributed by atoms with Crippen LogP contribution in [-0.2, 0) is 9.53 Å². The van der Waals surface area contributed by atoms with E-state index in [1.54, 1.807) is 12.2 Å². The summed E-state index contributed by atoms with van der Waals surface area (Å²) in [7, 11) is 0. The average molecular weight is 346 g/mol.